The highest BCUT2D eigenvalue weighted by Gasteiger charge is 2.14. The van der Waals surface area contributed by atoms with Crippen LogP contribution in [-0.4, -0.2) is 35.2 Å². The molecule has 0 saturated carbocycles. The highest BCUT2D eigenvalue weighted by Crippen LogP contribution is 2.25. The minimum atomic E-state index is -0.0420. The van der Waals surface area contributed by atoms with Gasteiger partial charge in [-0.15, -0.1) is 0 Å². The molecule has 4 rings (SSSR count). The third kappa shape index (κ3) is 3.01. The number of rotatable bonds is 4. The van der Waals surface area contributed by atoms with Crippen LogP contribution in [0.1, 0.15) is 5.56 Å². The Morgan fingerprint density at radius 1 is 1.04 bits per heavy atom. The highest BCUT2D eigenvalue weighted by atomic mass is 16.3. The average molecular weight is 345 g/mol. The number of nitrogens with two attached hydrogens (primary N) is 1. The molecule has 0 saturated heterocycles. The zero-order valence-corrected chi connectivity index (χ0v) is 13.7. The summed E-state index contributed by atoms with van der Waals surface area (Å²) < 4.78 is 0. The number of aromatic nitrogens is 6. The number of aliphatic hydroxyl groups excluding tert-OH is 1. The van der Waals surface area contributed by atoms with Crippen molar-refractivity contribution in [3.8, 4) is 34.2 Å². The molecule has 0 bridgehead atoms. The van der Waals surface area contributed by atoms with E-state index in [2.05, 4.69) is 30.1 Å². The van der Waals surface area contributed by atoms with Crippen LogP contribution >= 0.6 is 0 Å². The second-order valence-electron chi connectivity index (χ2n) is 5.60. The maximum atomic E-state index is 9.31. The molecule has 0 atom stereocenters. The molecule has 3 aromatic heterocycles. The Morgan fingerprint density at radius 3 is 2.73 bits per heavy atom. The molecule has 128 valence electrons. The van der Waals surface area contributed by atoms with Crippen molar-refractivity contribution >= 4 is 5.82 Å². The van der Waals surface area contributed by atoms with Crippen molar-refractivity contribution in [3.05, 3.63) is 60.6 Å². The van der Waals surface area contributed by atoms with Gasteiger partial charge in [0.2, 0.25) is 0 Å². The predicted octanol–water partition coefficient (Wildman–Crippen LogP) is 2.07. The summed E-state index contributed by atoms with van der Waals surface area (Å²) in [7, 11) is 0. The van der Waals surface area contributed by atoms with Gasteiger partial charge >= 0.3 is 0 Å². The van der Waals surface area contributed by atoms with Crippen LogP contribution in [0, 0.1) is 0 Å². The van der Waals surface area contributed by atoms with E-state index in [0.717, 1.165) is 16.7 Å². The molecular weight excluding hydrogens is 330 g/mol. The molecule has 3 heterocycles. The van der Waals surface area contributed by atoms with Crippen molar-refractivity contribution in [2.45, 2.75) is 6.61 Å². The van der Waals surface area contributed by atoms with Crippen molar-refractivity contribution in [2.75, 3.05) is 5.73 Å². The number of aliphatic hydroxyl groups is 1. The van der Waals surface area contributed by atoms with Gasteiger partial charge in [0.05, 0.1) is 18.5 Å². The standard InChI is InChI=1S/C18H15N7O/c19-16-15(18-23-17(24-25-18)13-5-2-6-20-8-13)22-14(9-21-16)12-4-1-3-11(7-12)10-26/h1-9,26H,10H2,(H2,19,21)(H,23,24,25). The van der Waals surface area contributed by atoms with Crippen LogP contribution in [-0.2, 0) is 6.61 Å². The Labute approximate surface area is 148 Å². The quantitative estimate of drug-likeness (QED) is 0.516. The molecule has 0 radical (unpaired) electrons. The van der Waals surface area contributed by atoms with Crippen molar-refractivity contribution in [1.82, 2.24) is 30.1 Å². The highest BCUT2D eigenvalue weighted by molar-refractivity contribution is 5.70. The number of nitrogen functional groups attached to an aromatic ring is 1. The van der Waals surface area contributed by atoms with Gasteiger partial charge in [-0.2, -0.15) is 5.10 Å². The molecule has 26 heavy (non-hydrogen) atoms. The molecule has 4 aromatic rings. The third-order valence-corrected chi connectivity index (χ3v) is 3.84. The fourth-order valence-electron chi connectivity index (χ4n) is 2.53. The summed E-state index contributed by atoms with van der Waals surface area (Å²) in [5.74, 6) is 1.18. The number of hydrogen-bond donors (Lipinski definition) is 3. The number of pyridine rings is 1. The minimum absolute atomic E-state index is 0.0420. The van der Waals surface area contributed by atoms with Gasteiger partial charge < -0.3 is 10.8 Å². The summed E-state index contributed by atoms with van der Waals surface area (Å²) in [5, 5.41) is 16.4. The molecule has 1 aromatic carbocycles. The SMILES string of the molecule is Nc1ncc(-c2cccc(CO)c2)nc1-c1nc(-c2cccnc2)n[nH]1. The molecule has 0 spiro atoms. The Bertz CT molecular complexity index is 1050. The van der Waals surface area contributed by atoms with Crippen molar-refractivity contribution < 1.29 is 5.11 Å². The van der Waals surface area contributed by atoms with Crippen LogP contribution in [0.3, 0.4) is 0 Å². The van der Waals surface area contributed by atoms with E-state index >= 15 is 0 Å². The molecule has 8 heteroatoms. The van der Waals surface area contributed by atoms with E-state index in [4.69, 9.17) is 5.73 Å². The zero-order valence-electron chi connectivity index (χ0n) is 13.7. The molecule has 0 unspecified atom stereocenters. The lowest BCUT2D eigenvalue weighted by Crippen LogP contribution is -2.00. The van der Waals surface area contributed by atoms with Gasteiger partial charge in [0.1, 0.15) is 5.69 Å². The number of nitrogens with zero attached hydrogens (tertiary/aromatic N) is 5. The van der Waals surface area contributed by atoms with Gasteiger partial charge in [0.15, 0.2) is 17.5 Å². The van der Waals surface area contributed by atoms with Gasteiger partial charge in [0.25, 0.3) is 0 Å². The lowest BCUT2D eigenvalue weighted by atomic mass is 10.1. The second-order valence-corrected chi connectivity index (χ2v) is 5.60. The number of hydrogen-bond acceptors (Lipinski definition) is 7. The van der Waals surface area contributed by atoms with Crippen LogP contribution in [0.15, 0.2) is 55.0 Å². The van der Waals surface area contributed by atoms with E-state index < -0.39 is 0 Å². The number of anilines is 1. The minimum Gasteiger partial charge on any atom is -0.392 e. The molecule has 8 nitrogen and oxygen atoms in total. The lowest BCUT2D eigenvalue weighted by molar-refractivity contribution is 0.282. The molecule has 0 aliphatic carbocycles. The third-order valence-electron chi connectivity index (χ3n) is 3.84. The largest absolute Gasteiger partial charge is 0.392 e. The Morgan fingerprint density at radius 2 is 1.92 bits per heavy atom. The molecule has 4 N–H and O–H groups in total. The van der Waals surface area contributed by atoms with Crippen molar-refractivity contribution in [2.24, 2.45) is 0 Å². The molecular formula is C18H15N7O. The van der Waals surface area contributed by atoms with Crippen LogP contribution in [0.4, 0.5) is 5.82 Å². The predicted molar refractivity (Wildman–Crippen MR) is 96.4 cm³/mol. The molecule has 0 amide bonds. The van der Waals surface area contributed by atoms with Crippen molar-refractivity contribution in [1.29, 1.82) is 0 Å². The van der Waals surface area contributed by atoms with Crippen LogP contribution in [0.5, 0.6) is 0 Å². The maximum Gasteiger partial charge on any atom is 0.183 e. The first-order valence-electron chi connectivity index (χ1n) is 7.90. The number of H-pyrrole nitrogens is 1. The summed E-state index contributed by atoms with van der Waals surface area (Å²) in [6.45, 7) is -0.0420. The average Bonchev–Trinajstić information content (AvgIpc) is 3.19. The van der Waals surface area contributed by atoms with Crippen LogP contribution in [0.2, 0.25) is 0 Å². The lowest BCUT2D eigenvalue weighted by Gasteiger charge is -2.06. The summed E-state index contributed by atoms with van der Waals surface area (Å²) in [6.07, 6.45) is 4.96. The summed E-state index contributed by atoms with van der Waals surface area (Å²) in [5.41, 5.74) is 9.44. The molecule has 0 fully saturated rings. The Balaban J connectivity index is 1.74. The number of benzene rings is 1. The molecule has 0 aliphatic rings. The summed E-state index contributed by atoms with van der Waals surface area (Å²) >= 11 is 0. The summed E-state index contributed by atoms with van der Waals surface area (Å²) in [6, 6.07) is 11.1. The Hall–Kier alpha value is -3.65. The normalized spacial score (nSPS) is 10.8. The van der Waals surface area contributed by atoms with E-state index in [1.54, 1.807) is 18.6 Å². The van der Waals surface area contributed by atoms with Crippen LogP contribution in [0.25, 0.3) is 34.2 Å². The van der Waals surface area contributed by atoms with E-state index in [1.807, 2.05) is 36.4 Å². The topological polar surface area (TPSA) is 126 Å². The second kappa shape index (κ2) is 6.69. The Kier molecular flexibility index (Phi) is 4.08. The van der Waals surface area contributed by atoms with Crippen molar-refractivity contribution in [3.63, 3.8) is 0 Å². The smallest absolute Gasteiger partial charge is 0.183 e. The van der Waals surface area contributed by atoms with Gasteiger partial charge in [-0.25, -0.2) is 15.0 Å². The fourth-order valence-corrected chi connectivity index (χ4v) is 2.53. The van der Waals surface area contributed by atoms with Gasteiger partial charge in [0, 0.05) is 23.5 Å². The van der Waals surface area contributed by atoms with Gasteiger partial charge in [-0.3, -0.25) is 10.1 Å². The number of nitrogens with one attached hydrogen (secondary N) is 1. The van der Waals surface area contributed by atoms with Gasteiger partial charge in [-0.1, -0.05) is 18.2 Å². The molecule has 0 aliphatic heterocycles. The fraction of sp³-hybridized carbons (Fsp3) is 0.0556. The van der Waals surface area contributed by atoms with E-state index in [9.17, 15) is 5.11 Å². The zero-order chi connectivity index (χ0) is 17.9. The van der Waals surface area contributed by atoms with E-state index in [1.165, 1.54) is 0 Å². The monoisotopic (exact) mass is 345 g/mol. The first kappa shape index (κ1) is 15.9. The maximum absolute atomic E-state index is 9.31. The number of aromatic amines is 1. The van der Waals surface area contributed by atoms with Crippen LogP contribution < -0.4 is 5.73 Å². The van der Waals surface area contributed by atoms with E-state index in [-0.39, 0.29) is 12.4 Å². The van der Waals surface area contributed by atoms with E-state index in [0.29, 0.717) is 23.0 Å². The summed E-state index contributed by atoms with van der Waals surface area (Å²) in [4.78, 5) is 17.3. The first-order chi connectivity index (χ1) is 12.7. The van der Waals surface area contributed by atoms with Gasteiger partial charge in [-0.05, 0) is 23.8 Å². The first-order valence-corrected chi connectivity index (χ1v) is 7.90.